The van der Waals surface area contributed by atoms with E-state index in [2.05, 4.69) is 191 Å². The van der Waals surface area contributed by atoms with E-state index in [-0.39, 0.29) is 93.4 Å². The summed E-state index contributed by atoms with van der Waals surface area (Å²) >= 11 is 3.51. The summed E-state index contributed by atoms with van der Waals surface area (Å²) in [6.07, 6.45) is 0. The molecule has 5 heterocycles. The third kappa shape index (κ3) is 11.3. The molecule has 4 aromatic carbocycles. The van der Waals surface area contributed by atoms with Crippen LogP contribution in [0.1, 0.15) is 103 Å². The number of fused-ring (bicyclic) bond motifs is 2. The van der Waals surface area contributed by atoms with Gasteiger partial charge in [-0.3, -0.25) is 0 Å². The van der Waals surface area contributed by atoms with Gasteiger partial charge in [-0.2, -0.15) is 0 Å². The van der Waals surface area contributed by atoms with E-state index in [4.69, 9.17) is 14.3 Å². The first-order valence-electron chi connectivity index (χ1n) is 20.9. The quantitative estimate of drug-likeness (QED) is 0.156. The van der Waals surface area contributed by atoms with Crippen LogP contribution in [0.2, 0.25) is 0 Å². The van der Waals surface area contributed by atoms with Crippen LogP contribution >= 0.6 is 15.9 Å². The van der Waals surface area contributed by atoms with Gasteiger partial charge in [0.05, 0.1) is 33.3 Å². The fraction of sp³-hybridized carbons (Fsp3) is 0.469. The monoisotopic (exact) mass is 932 g/mol. The Morgan fingerprint density at radius 1 is 0.548 bits per heavy atom. The van der Waals surface area contributed by atoms with Crippen molar-refractivity contribution in [2.24, 2.45) is 0 Å². The Balaban J connectivity index is 0.000000320. The Labute approximate surface area is 425 Å². The zero-order valence-electron chi connectivity index (χ0n) is 37.3. The van der Waals surface area contributed by atoms with Crippen molar-refractivity contribution < 1.29 is 62.1 Å². The standard InChI is InChI=1S/C26H35BN4O2.C20H23BrN4.3CH4.K.H/c1-18(2)24-28-22-12-11-21(17-23(22)29-24)31-15-13-30(14-16-31)20-9-7-19(8-10-20)27-32-25(3,4)26(5,6)33-27;1-14(2)20-22-18-8-7-17(13-19(18)23-20)25-11-9-24(10-12-25)16-5-3-15(21)4-6-16;;;;;/h7-12,17-18H,13-16H2,1-6H3,(H,28,29);3-8,13-14H,9-12H2,1-2H3,(H,22,23);3*1H4;;/q;;;;;+1;-1. The third-order valence-corrected chi connectivity index (χ3v) is 12.9. The van der Waals surface area contributed by atoms with Gasteiger partial charge < -0.3 is 40.3 Å². The predicted octanol–water partition coefficient (Wildman–Crippen LogP) is 8.11. The molecule has 3 fully saturated rings. The first-order valence-corrected chi connectivity index (χ1v) is 21.7. The molecule has 6 aromatic rings. The number of aromatic nitrogens is 4. The molecule has 0 atom stereocenters. The molecule has 330 valence electrons. The third-order valence-electron chi connectivity index (χ3n) is 12.3. The molecule has 0 saturated carbocycles. The van der Waals surface area contributed by atoms with Crippen LogP contribution in [0.4, 0.5) is 22.7 Å². The van der Waals surface area contributed by atoms with Gasteiger partial charge in [-0.1, -0.05) is 78.0 Å². The van der Waals surface area contributed by atoms with Gasteiger partial charge in [0.25, 0.3) is 0 Å². The fourth-order valence-electron chi connectivity index (χ4n) is 7.89. The van der Waals surface area contributed by atoms with Crippen molar-refractivity contribution in [3.8, 4) is 0 Å². The molecule has 2 N–H and O–H groups in total. The van der Waals surface area contributed by atoms with Gasteiger partial charge in [0.15, 0.2) is 0 Å². The van der Waals surface area contributed by atoms with Gasteiger partial charge in [0.2, 0.25) is 0 Å². The number of imidazole rings is 2. The maximum absolute atomic E-state index is 6.19. The number of H-pyrrole nitrogens is 2. The van der Waals surface area contributed by atoms with E-state index in [1.807, 2.05) is 0 Å². The molecule has 0 radical (unpaired) electrons. The largest absolute Gasteiger partial charge is 1.00 e. The molecule has 0 spiro atoms. The summed E-state index contributed by atoms with van der Waals surface area (Å²) < 4.78 is 13.5. The molecule has 3 aliphatic heterocycles. The van der Waals surface area contributed by atoms with Crippen molar-refractivity contribution in [3.05, 3.63) is 101 Å². The van der Waals surface area contributed by atoms with Gasteiger partial charge in [-0.25, -0.2) is 9.97 Å². The van der Waals surface area contributed by atoms with Crippen LogP contribution in [-0.2, 0) is 9.31 Å². The molecule has 0 aliphatic carbocycles. The summed E-state index contributed by atoms with van der Waals surface area (Å²) in [6.45, 7) is 25.2. The molecular weight excluding hydrogens is 862 g/mol. The van der Waals surface area contributed by atoms with Gasteiger partial charge in [-0.05, 0) is 106 Å². The van der Waals surface area contributed by atoms with Crippen LogP contribution in [0.3, 0.4) is 0 Å². The normalized spacial score (nSPS) is 17.0. The van der Waals surface area contributed by atoms with Crippen LogP contribution in [0.25, 0.3) is 22.1 Å². The zero-order chi connectivity index (χ0) is 40.8. The number of anilines is 4. The van der Waals surface area contributed by atoms with Crippen LogP contribution in [0.15, 0.2) is 89.4 Å². The average Bonchev–Trinajstić information content (AvgIpc) is 3.91. The van der Waals surface area contributed by atoms with Gasteiger partial charge in [0, 0.05) is 91.4 Å². The Bertz CT molecular complexity index is 2320. The molecule has 13 heteroatoms. The topological polar surface area (TPSA) is 88.8 Å². The van der Waals surface area contributed by atoms with Gasteiger partial charge in [0.1, 0.15) is 11.6 Å². The number of nitrogens with zero attached hydrogens (tertiary/aromatic N) is 6. The van der Waals surface area contributed by atoms with E-state index in [9.17, 15) is 0 Å². The Morgan fingerprint density at radius 2 is 0.871 bits per heavy atom. The van der Waals surface area contributed by atoms with E-state index in [0.29, 0.717) is 11.8 Å². The summed E-state index contributed by atoms with van der Waals surface area (Å²) in [5, 5.41) is 0. The molecule has 9 rings (SSSR count). The van der Waals surface area contributed by atoms with Crippen LogP contribution in [0, 0.1) is 0 Å². The maximum atomic E-state index is 6.19. The van der Waals surface area contributed by atoms with Crippen molar-refractivity contribution in [2.45, 2.75) is 101 Å². The zero-order valence-corrected chi connectivity index (χ0v) is 41.1. The van der Waals surface area contributed by atoms with Crippen LogP contribution in [0.5, 0.6) is 0 Å². The van der Waals surface area contributed by atoms with E-state index >= 15 is 0 Å². The summed E-state index contributed by atoms with van der Waals surface area (Å²) in [4.78, 5) is 26.1. The molecule has 2 aromatic heterocycles. The molecule has 3 saturated heterocycles. The number of halogens is 1. The van der Waals surface area contributed by atoms with Gasteiger partial charge >= 0.3 is 58.5 Å². The maximum Gasteiger partial charge on any atom is 1.00 e. The summed E-state index contributed by atoms with van der Waals surface area (Å²) in [7, 11) is -0.311. The second-order valence-corrected chi connectivity index (χ2v) is 18.5. The Morgan fingerprint density at radius 3 is 1.23 bits per heavy atom. The van der Waals surface area contributed by atoms with E-state index in [1.165, 1.54) is 22.7 Å². The second kappa shape index (κ2) is 21.4. The van der Waals surface area contributed by atoms with Crippen molar-refractivity contribution in [3.63, 3.8) is 0 Å². The minimum atomic E-state index is -0.317. The molecule has 3 aliphatic rings. The number of piperazine rings is 2. The van der Waals surface area contributed by atoms with Crippen molar-refractivity contribution in [2.75, 3.05) is 72.0 Å². The summed E-state index contributed by atoms with van der Waals surface area (Å²) in [5.41, 5.74) is 9.89. The number of hydrogen-bond donors (Lipinski definition) is 2. The molecule has 0 unspecified atom stereocenters. The summed E-state index contributed by atoms with van der Waals surface area (Å²) in [6, 6.07) is 30.4. The number of nitrogens with one attached hydrogen (secondary N) is 2. The molecule has 10 nitrogen and oxygen atoms in total. The van der Waals surface area contributed by atoms with Crippen molar-refractivity contribution in [1.82, 2.24) is 19.9 Å². The first-order chi connectivity index (χ1) is 27.7. The first kappa shape index (κ1) is 51.8. The number of rotatable bonds is 7. The minimum absolute atomic E-state index is 0. The SMILES string of the molecule is C.C.C.CC(C)c1nc2ccc(N3CCN(c4ccc(B5OC(C)(C)C(C)(C)O5)cc4)CC3)cc2[nH]1.CC(C)c1nc2ccc(N3CCN(c4ccc(Br)cc4)CC3)cc2[nH]1.[H-].[K+]. The van der Waals surface area contributed by atoms with Crippen LogP contribution in [-0.4, -0.2) is 90.6 Å². The predicted molar refractivity (Wildman–Crippen MR) is 267 cm³/mol. The molecular formula is C49H71BBrKN8O2. The summed E-state index contributed by atoms with van der Waals surface area (Å²) in [5.74, 6) is 2.94. The van der Waals surface area contributed by atoms with Gasteiger partial charge in [-0.15, -0.1) is 0 Å². The molecule has 0 bridgehead atoms. The van der Waals surface area contributed by atoms with E-state index < -0.39 is 0 Å². The van der Waals surface area contributed by atoms with Crippen molar-refractivity contribution in [1.29, 1.82) is 0 Å². The number of aromatic amines is 2. The average molecular weight is 934 g/mol. The number of benzene rings is 4. The Kier molecular flexibility index (Phi) is 17.9. The molecule has 62 heavy (non-hydrogen) atoms. The van der Waals surface area contributed by atoms with E-state index in [1.54, 1.807) is 0 Å². The Hall–Kier alpha value is -2.88. The smallest absolute Gasteiger partial charge is 1.00 e. The minimum Gasteiger partial charge on any atom is -1.00 e. The van der Waals surface area contributed by atoms with Crippen LogP contribution < -0.4 is 76.4 Å². The van der Waals surface area contributed by atoms with Crippen molar-refractivity contribution >= 4 is 73.3 Å². The number of hydrogen-bond acceptors (Lipinski definition) is 8. The fourth-order valence-corrected chi connectivity index (χ4v) is 8.16. The molecule has 0 amide bonds. The van der Waals surface area contributed by atoms with E-state index in [0.717, 1.165) is 96.0 Å². The second-order valence-electron chi connectivity index (χ2n) is 17.6.